The largest absolute Gasteiger partial charge is 0.489 e. The Hall–Kier alpha value is -1.98. The SMILES string of the molecule is CN(C)S(=O)(=O)c1ccc(COc2cccc(S(=O)(=O)CC(F)=CCN)c2)cc1.Cl. The molecule has 0 spiro atoms. The smallest absolute Gasteiger partial charge is 0.242 e. The van der Waals surface area contributed by atoms with Crippen LogP contribution in [0, 0.1) is 0 Å². The van der Waals surface area contributed by atoms with E-state index in [1.165, 1.54) is 44.4 Å². The number of halogens is 2. The van der Waals surface area contributed by atoms with Crippen LogP contribution in [0.5, 0.6) is 5.75 Å². The van der Waals surface area contributed by atoms with Crippen molar-refractivity contribution in [2.45, 2.75) is 16.4 Å². The third-order valence-electron chi connectivity index (χ3n) is 3.94. The number of benzene rings is 2. The molecule has 0 unspecified atom stereocenters. The van der Waals surface area contributed by atoms with E-state index in [2.05, 4.69) is 0 Å². The van der Waals surface area contributed by atoms with Gasteiger partial charge in [0, 0.05) is 20.6 Å². The van der Waals surface area contributed by atoms with Crippen molar-refractivity contribution in [3.8, 4) is 5.75 Å². The van der Waals surface area contributed by atoms with Gasteiger partial charge in [0.05, 0.1) is 9.79 Å². The molecule has 0 heterocycles. The number of nitrogens with two attached hydrogens (primary N) is 1. The van der Waals surface area contributed by atoms with Crippen molar-refractivity contribution in [2.24, 2.45) is 5.73 Å². The van der Waals surface area contributed by atoms with Gasteiger partial charge in [-0.25, -0.2) is 25.5 Å². The maximum absolute atomic E-state index is 13.5. The van der Waals surface area contributed by atoms with E-state index in [9.17, 15) is 21.2 Å². The van der Waals surface area contributed by atoms with Gasteiger partial charge in [-0.15, -0.1) is 12.4 Å². The Morgan fingerprint density at radius 1 is 1.07 bits per heavy atom. The van der Waals surface area contributed by atoms with Crippen LogP contribution >= 0.6 is 12.4 Å². The highest BCUT2D eigenvalue weighted by Crippen LogP contribution is 2.22. The summed E-state index contributed by atoms with van der Waals surface area (Å²) in [6, 6.07) is 11.9. The molecular weight excluding hydrogens is 455 g/mol. The summed E-state index contributed by atoms with van der Waals surface area (Å²) in [5, 5.41) is 0. The molecule has 2 aromatic carbocycles. The van der Waals surface area contributed by atoms with Crippen molar-refractivity contribution in [3.05, 3.63) is 66.0 Å². The first kappa shape index (κ1) is 26.1. The standard InChI is InChI=1S/C19H23FN2O5S2.ClH/c1-22(2)29(25,26)18-8-6-15(7-9-18)13-27-17-4-3-5-19(12-17)28(23,24)14-16(20)10-11-21;/h3-10,12H,11,13-14,21H2,1-2H3;1H. The molecule has 0 aliphatic carbocycles. The Bertz CT molecular complexity index is 1090. The van der Waals surface area contributed by atoms with Gasteiger partial charge in [0.15, 0.2) is 9.84 Å². The number of ether oxygens (including phenoxy) is 1. The zero-order chi connectivity index (χ0) is 21.7. The van der Waals surface area contributed by atoms with E-state index in [0.717, 1.165) is 10.4 Å². The fourth-order valence-electron chi connectivity index (χ4n) is 2.34. The fourth-order valence-corrected chi connectivity index (χ4v) is 4.48. The molecule has 0 saturated heterocycles. The van der Waals surface area contributed by atoms with E-state index in [0.29, 0.717) is 11.3 Å². The average molecular weight is 479 g/mol. The third kappa shape index (κ3) is 6.78. The van der Waals surface area contributed by atoms with Crippen molar-refractivity contribution in [2.75, 3.05) is 26.4 Å². The normalized spacial score (nSPS) is 12.5. The zero-order valence-electron chi connectivity index (χ0n) is 16.5. The average Bonchev–Trinajstić information content (AvgIpc) is 2.66. The van der Waals surface area contributed by atoms with Gasteiger partial charge in [0.25, 0.3) is 0 Å². The molecule has 30 heavy (non-hydrogen) atoms. The third-order valence-corrected chi connectivity index (χ3v) is 7.40. The summed E-state index contributed by atoms with van der Waals surface area (Å²) in [5.74, 6) is -1.29. The van der Waals surface area contributed by atoms with Crippen LogP contribution in [0.2, 0.25) is 0 Å². The van der Waals surface area contributed by atoms with E-state index in [1.807, 2.05) is 0 Å². The van der Waals surface area contributed by atoms with Gasteiger partial charge in [-0.2, -0.15) is 0 Å². The topological polar surface area (TPSA) is 107 Å². The molecule has 0 atom stereocenters. The van der Waals surface area contributed by atoms with Crippen molar-refractivity contribution >= 4 is 32.3 Å². The van der Waals surface area contributed by atoms with Crippen LogP contribution in [0.1, 0.15) is 5.56 Å². The lowest BCUT2D eigenvalue weighted by Crippen LogP contribution is -2.22. The molecule has 2 N–H and O–H groups in total. The zero-order valence-corrected chi connectivity index (χ0v) is 18.9. The van der Waals surface area contributed by atoms with Crippen LogP contribution in [0.25, 0.3) is 0 Å². The Kier molecular flexibility index (Phi) is 9.44. The fraction of sp³-hybridized carbons (Fsp3) is 0.263. The number of sulfone groups is 1. The van der Waals surface area contributed by atoms with Crippen molar-refractivity contribution < 1.29 is 26.0 Å². The van der Waals surface area contributed by atoms with Crippen molar-refractivity contribution in [3.63, 3.8) is 0 Å². The lowest BCUT2D eigenvalue weighted by Gasteiger charge is -2.12. The predicted molar refractivity (Wildman–Crippen MR) is 116 cm³/mol. The molecule has 11 heteroatoms. The van der Waals surface area contributed by atoms with Gasteiger partial charge in [-0.3, -0.25) is 0 Å². The van der Waals surface area contributed by atoms with Crippen molar-refractivity contribution in [1.82, 2.24) is 4.31 Å². The molecule has 2 aromatic rings. The lowest BCUT2D eigenvalue weighted by molar-refractivity contribution is 0.305. The Morgan fingerprint density at radius 3 is 2.27 bits per heavy atom. The molecular formula is C19H24ClFN2O5S2. The summed E-state index contributed by atoms with van der Waals surface area (Å²) < 4.78 is 69.0. The Balaban J connectivity index is 0.00000450. The van der Waals surface area contributed by atoms with E-state index >= 15 is 0 Å². The summed E-state index contributed by atoms with van der Waals surface area (Å²) in [4.78, 5) is 0.0925. The van der Waals surface area contributed by atoms with Gasteiger partial charge in [0.2, 0.25) is 10.0 Å². The highest BCUT2D eigenvalue weighted by Gasteiger charge is 2.18. The molecule has 2 rings (SSSR count). The quantitative estimate of drug-likeness (QED) is 0.593. The minimum absolute atomic E-state index is 0. The summed E-state index contributed by atoms with van der Waals surface area (Å²) in [6.45, 7) is 0.0202. The first-order valence-electron chi connectivity index (χ1n) is 8.58. The van der Waals surface area contributed by atoms with Crippen LogP contribution in [-0.4, -0.2) is 47.5 Å². The second-order valence-electron chi connectivity index (χ2n) is 6.34. The highest BCUT2D eigenvalue weighted by molar-refractivity contribution is 7.91. The van der Waals surface area contributed by atoms with Crippen LogP contribution in [0.15, 0.2) is 70.2 Å². The van der Waals surface area contributed by atoms with Gasteiger partial charge < -0.3 is 10.5 Å². The Morgan fingerprint density at radius 2 is 1.70 bits per heavy atom. The maximum Gasteiger partial charge on any atom is 0.242 e. The number of hydrogen-bond acceptors (Lipinski definition) is 6. The van der Waals surface area contributed by atoms with Gasteiger partial charge in [-0.1, -0.05) is 18.2 Å². The lowest BCUT2D eigenvalue weighted by atomic mass is 10.2. The van der Waals surface area contributed by atoms with Crippen LogP contribution < -0.4 is 10.5 Å². The van der Waals surface area contributed by atoms with Crippen LogP contribution in [0.3, 0.4) is 0 Å². The van der Waals surface area contributed by atoms with Crippen LogP contribution in [-0.2, 0) is 26.5 Å². The molecule has 0 amide bonds. The monoisotopic (exact) mass is 478 g/mol. The minimum atomic E-state index is -3.87. The summed E-state index contributed by atoms with van der Waals surface area (Å²) in [7, 11) is -4.48. The number of sulfonamides is 1. The van der Waals surface area contributed by atoms with E-state index < -0.39 is 31.4 Å². The Labute approximate surface area is 182 Å². The summed E-state index contributed by atoms with van der Waals surface area (Å²) in [5.41, 5.74) is 5.89. The number of nitrogens with zero attached hydrogens (tertiary/aromatic N) is 1. The van der Waals surface area contributed by atoms with E-state index in [1.54, 1.807) is 18.2 Å². The molecule has 0 aromatic heterocycles. The second-order valence-corrected chi connectivity index (χ2v) is 10.5. The predicted octanol–water partition coefficient (Wildman–Crippen LogP) is 2.52. The van der Waals surface area contributed by atoms with Gasteiger partial charge in [0.1, 0.15) is 23.9 Å². The molecule has 166 valence electrons. The van der Waals surface area contributed by atoms with Crippen LogP contribution in [0.4, 0.5) is 4.39 Å². The van der Waals surface area contributed by atoms with Crippen molar-refractivity contribution in [1.29, 1.82) is 0 Å². The summed E-state index contributed by atoms with van der Waals surface area (Å²) >= 11 is 0. The van der Waals surface area contributed by atoms with Gasteiger partial charge in [-0.05, 0) is 42.0 Å². The molecule has 7 nitrogen and oxygen atoms in total. The molecule has 0 aliphatic heterocycles. The molecule has 0 aliphatic rings. The second kappa shape index (κ2) is 10.9. The maximum atomic E-state index is 13.5. The molecule has 0 radical (unpaired) electrons. The highest BCUT2D eigenvalue weighted by atomic mass is 35.5. The molecule has 0 bridgehead atoms. The van der Waals surface area contributed by atoms with Gasteiger partial charge >= 0.3 is 0 Å². The summed E-state index contributed by atoms with van der Waals surface area (Å²) in [6.07, 6.45) is 1.01. The molecule has 0 fully saturated rings. The minimum Gasteiger partial charge on any atom is -0.489 e. The first-order valence-corrected chi connectivity index (χ1v) is 11.7. The van der Waals surface area contributed by atoms with E-state index in [4.69, 9.17) is 10.5 Å². The number of rotatable bonds is 9. The first-order chi connectivity index (χ1) is 13.6. The van der Waals surface area contributed by atoms with E-state index in [-0.39, 0.29) is 35.3 Å². The number of hydrogen-bond donors (Lipinski definition) is 1. The molecule has 0 saturated carbocycles.